The Hall–Kier alpha value is -1.51. The topological polar surface area (TPSA) is 49.3 Å². The summed E-state index contributed by atoms with van der Waals surface area (Å²) in [6.45, 7) is 4.92. The van der Waals surface area contributed by atoms with E-state index in [1.54, 1.807) is 12.1 Å². The zero-order valence-corrected chi connectivity index (χ0v) is 11.8. The molecule has 0 saturated heterocycles. The molecule has 104 valence electrons. The minimum Gasteiger partial charge on any atom is -0.508 e. The van der Waals surface area contributed by atoms with Crippen molar-refractivity contribution in [3.8, 4) is 5.75 Å². The highest BCUT2D eigenvalue weighted by atomic mass is 16.3. The minimum absolute atomic E-state index is 0.108. The average molecular weight is 261 g/mol. The van der Waals surface area contributed by atoms with Crippen LogP contribution in [0.5, 0.6) is 5.75 Å². The summed E-state index contributed by atoms with van der Waals surface area (Å²) in [6.07, 6.45) is 4.51. The Balaban J connectivity index is 1.92. The zero-order chi connectivity index (χ0) is 13.9. The van der Waals surface area contributed by atoms with Gasteiger partial charge >= 0.3 is 0 Å². The summed E-state index contributed by atoms with van der Waals surface area (Å²) in [7, 11) is 0. The molecule has 0 spiro atoms. The molecule has 1 amide bonds. The highest BCUT2D eigenvalue weighted by Gasteiger charge is 2.36. The second kappa shape index (κ2) is 5.64. The number of rotatable bonds is 3. The lowest BCUT2D eigenvalue weighted by atomic mass is 9.68. The molecule has 1 fully saturated rings. The lowest BCUT2D eigenvalue weighted by molar-refractivity contribution is -0.130. The van der Waals surface area contributed by atoms with E-state index >= 15 is 0 Å². The van der Waals surface area contributed by atoms with Gasteiger partial charge in [-0.15, -0.1) is 0 Å². The van der Waals surface area contributed by atoms with Gasteiger partial charge in [-0.1, -0.05) is 38.8 Å². The van der Waals surface area contributed by atoms with E-state index in [2.05, 4.69) is 19.2 Å². The van der Waals surface area contributed by atoms with Gasteiger partial charge in [-0.3, -0.25) is 4.79 Å². The first-order valence-corrected chi connectivity index (χ1v) is 7.05. The lowest BCUT2D eigenvalue weighted by Gasteiger charge is -2.37. The molecule has 2 rings (SSSR count). The zero-order valence-electron chi connectivity index (χ0n) is 11.8. The van der Waals surface area contributed by atoms with Gasteiger partial charge in [0.1, 0.15) is 5.75 Å². The molecule has 0 aliphatic heterocycles. The second-order valence-corrected chi connectivity index (χ2v) is 6.17. The van der Waals surface area contributed by atoms with Crippen LogP contribution in [0.25, 0.3) is 0 Å². The van der Waals surface area contributed by atoms with Crippen LogP contribution >= 0.6 is 0 Å². The number of hydrogen-bond donors (Lipinski definition) is 2. The van der Waals surface area contributed by atoms with Gasteiger partial charge in [-0.25, -0.2) is 0 Å². The van der Waals surface area contributed by atoms with E-state index in [1.165, 1.54) is 6.42 Å². The third-order valence-electron chi connectivity index (χ3n) is 4.23. The SMILES string of the molecule is CC1(C)CCCCC1C(=O)NCc1ccc(O)cc1. The quantitative estimate of drug-likeness (QED) is 0.877. The van der Waals surface area contributed by atoms with Crippen molar-refractivity contribution in [2.45, 2.75) is 46.1 Å². The van der Waals surface area contributed by atoms with E-state index in [1.807, 2.05) is 12.1 Å². The van der Waals surface area contributed by atoms with Gasteiger partial charge in [-0.05, 0) is 36.0 Å². The third-order valence-corrected chi connectivity index (χ3v) is 4.23. The van der Waals surface area contributed by atoms with E-state index in [-0.39, 0.29) is 23.0 Å². The fraction of sp³-hybridized carbons (Fsp3) is 0.562. The van der Waals surface area contributed by atoms with Crippen molar-refractivity contribution in [2.75, 3.05) is 0 Å². The fourth-order valence-corrected chi connectivity index (χ4v) is 2.91. The monoisotopic (exact) mass is 261 g/mol. The first-order chi connectivity index (χ1) is 8.99. The van der Waals surface area contributed by atoms with Crippen molar-refractivity contribution in [1.29, 1.82) is 0 Å². The molecule has 0 bridgehead atoms. The van der Waals surface area contributed by atoms with Crippen LogP contribution in [0.2, 0.25) is 0 Å². The Morgan fingerprint density at radius 2 is 2.00 bits per heavy atom. The highest BCUT2D eigenvalue weighted by Crippen LogP contribution is 2.40. The lowest BCUT2D eigenvalue weighted by Crippen LogP contribution is -2.40. The van der Waals surface area contributed by atoms with Crippen LogP contribution in [-0.4, -0.2) is 11.0 Å². The van der Waals surface area contributed by atoms with Gasteiger partial charge in [0.05, 0.1) is 0 Å². The summed E-state index contributed by atoms with van der Waals surface area (Å²) in [5.41, 5.74) is 1.12. The molecule has 1 atom stereocenters. The largest absolute Gasteiger partial charge is 0.508 e. The van der Waals surface area contributed by atoms with Crippen LogP contribution < -0.4 is 5.32 Å². The van der Waals surface area contributed by atoms with Gasteiger partial charge in [0.2, 0.25) is 5.91 Å². The maximum atomic E-state index is 12.3. The molecule has 0 aromatic heterocycles. The third kappa shape index (κ3) is 3.49. The number of carbonyl (C=O) groups is 1. The van der Waals surface area contributed by atoms with Crippen molar-refractivity contribution < 1.29 is 9.90 Å². The fourth-order valence-electron chi connectivity index (χ4n) is 2.91. The maximum Gasteiger partial charge on any atom is 0.223 e. The number of nitrogens with one attached hydrogen (secondary N) is 1. The molecule has 1 aliphatic rings. The van der Waals surface area contributed by atoms with E-state index in [0.717, 1.165) is 24.8 Å². The molecule has 1 unspecified atom stereocenters. The van der Waals surface area contributed by atoms with Crippen molar-refractivity contribution in [3.05, 3.63) is 29.8 Å². The van der Waals surface area contributed by atoms with Crippen molar-refractivity contribution >= 4 is 5.91 Å². The van der Waals surface area contributed by atoms with Crippen LogP contribution in [0.3, 0.4) is 0 Å². The van der Waals surface area contributed by atoms with Crippen LogP contribution in [0.15, 0.2) is 24.3 Å². The van der Waals surface area contributed by atoms with Crippen LogP contribution in [0.1, 0.15) is 45.1 Å². The predicted octanol–water partition coefficient (Wildman–Crippen LogP) is 3.22. The first-order valence-electron chi connectivity index (χ1n) is 7.05. The number of hydrogen-bond acceptors (Lipinski definition) is 2. The summed E-state index contributed by atoms with van der Waals surface area (Å²) >= 11 is 0. The van der Waals surface area contributed by atoms with Crippen molar-refractivity contribution in [3.63, 3.8) is 0 Å². The molecule has 1 aliphatic carbocycles. The van der Waals surface area contributed by atoms with E-state index in [4.69, 9.17) is 0 Å². The Labute approximate surface area is 115 Å². The van der Waals surface area contributed by atoms with E-state index in [0.29, 0.717) is 6.54 Å². The van der Waals surface area contributed by atoms with E-state index in [9.17, 15) is 9.90 Å². The Kier molecular flexibility index (Phi) is 4.13. The molecule has 0 radical (unpaired) electrons. The molecule has 3 nitrogen and oxygen atoms in total. The number of aromatic hydroxyl groups is 1. The summed E-state index contributed by atoms with van der Waals surface area (Å²) in [4.78, 5) is 12.3. The summed E-state index contributed by atoms with van der Waals surface area (Å²) < 4.78 is 0. The Bertz CT molecular complexity index is 437. The van der Waals surface area contributed by atoms with Gasteiger partial charge in [0.25, 0.3) is 0 Å². The molecule has 2 N–H and O–H groups in total. The van der Waals surface area contributed by atoms with E-state index < -0.39 is 0 Å². The number of phenols is 1. The van der Waals surface area contributed by atoms with Gasteiger partial charge < -0.3 is 10.4 Å². The molecular formula is C16H23NO2. The maximum absolute atomic E-state index is 12.3. The minimum atomic E-state index is 0.108. The smallest absolute Gasteiger partial charge is 0.223 e. The predicted molar refractivity (Wildman–Crippen MR) is 75.7 cm³/mol. The normalized spacial score (nSPS) is 21.9. The molecule has 1 saturated carbocycles. The molecule has 0 heterocycles. The Morgan fingerprint density at radius 3 is 2.63 bits per heavy atom. The summed E-state index contributed by atoms with van der Waals surface area (Å²) in [5.74, 6) is 0.541. The van der Waals surface area contributed by atoms with Crippen LogP contribution in [0, 0.1) is 11.3 Å². The second-order valence-electron chi connectivity index (χ2n) is 6.17. The molecule has 3 heteroatoms. The van der Waals surface area contributed by atoms with Gasteiger partial charge in [-0.2, -0.15) is 0 Å². The number of benzene rings is 1. The Morgan fingerprint density at radius 1 is 1.32 bits per heavy atom. The van der Waals surface area contributed by atoms with Gasteiger partial charge in [0.15, 0.2) is 0 Å². The first kappa shape index (κ1) is 13.9. The van der Waals surface area contributed by atoms with Crippen molar-refractivity contribution in [2.24, 2.45) is 11.3 Å². The van der Waals surface area contributed by atoms with Crippen LogP contribution in [0.4, 0.5) is 0 Å². The summed E-state index contributed by atoms with van der Waals surface area (Å²) in [6, 6.07) is 6.96. The van der Waals surface area contributed by atoms with Crippen molar-refractivity contribution in [1.82, 2.24) is 5.32 Å². The van der Waals surface area contributed by atoms with Gasteiger partial charge in [0, 0.05) is 12.5 Å². The average Bonchev–Trinajstić information content (AvgIpc) is 2.37. The number of carbonyl (C=O) groups excluding carboxylic acids is 1. The molecule has 1 aromatic rings. The number of amides is 1. The molecule has 19 heavy (non-hydrogen) atoms. The molecule has 1 aromatic carbocycles. The molecular weight excluding hydrogens is 238 g/mol. The standard InChI is InChI=1S/C16H23NO2/c1-16(2)10-4-3-5-14(16)15(19)17-11-12-6-8-13(18)9-7-12/h6-9,14,18H,3-5,10-11H2,1-2H3,(H,17,19). The highest BCUT2D eigenvalue weighted by molar-refractivity contribution is 5.79. The number of phenolic OH excluding ortho intramolecular Hbond substituents is 1. The summed E-state index contributed by atoms with van der Waals surface area (Å²) in [5, 5.41) is 12.2. The van der Waals surface area contributed by atoms with Crippen LogP contribution in [-0.2, 0) is 11.3 Å².